The van der Waals surface area contributed by atoms with Crippen LogP contribution in [-0.2, 0) is 0 Å². The Kier molecular flexibility index (Phi) is 2.42. The fourth-order valence-electron chi connectivity index (χ4n) is 1.13. The Hall–Kier alpha value is -0.410. The second-order valence-corrected chi connectivity index (χ2v) is 4.16. The van der Waals surface area contributed by atoms with Crippen LogP contribution >= 0.6 is 23.4 Å². The summed E-state index contributed by atoms with van der Waals surface area (Å²) in [6, 6.07) is 1.93. The van der Waals surface area contributed by atoms with Crippen LogP contribution in [0.5, 0.6) is 0 Å². The summed E-state index contributed by atoms with van der Waals surface area (Å²) in [5.74, 6) is 1.13. The van der Waals surface area contributed by atoms with Crippen LogP contribution in [0, 0.1) is 0 Å². The molecule has 0 saturated carbocycles. The van der Waals surface area contributed by atoms with Crippen molar-refractivity contribution in [1.29, 1.82) is 0 Å². The van der Waals surface area contributed by atoms with E-state index in [4.69, 9.17) is 11.6 Å². The molecule has 0 amide bonds. The van der Waals surface area contributed by atoms with Crippen LogP contribution in [0.1, 0.15) is 6.42 Å². The summed E-state index contributed by atoms with van der Waals surface area (Å²) in [7, 11) is 0. The van der Waals surface area contributed by atoms with Crippen molar-refractivity contribution in [2.24, 2.45) is 0 Å². The minimum Gasteiger partial charge on any atom is -0.383 e. The maximum Gasteiger partial charge on any atom is 0.119 e. The molecule has 2 rings (SSSR count). The van der Waals surface area contributed by atoms with Gasteiger partial charge in [0.25, 0.3) is 0 Å². The van der Waals surface area contributed by atoms with Gasteiger partial charge in [0.15, 0.2) is 0 Å². The first-order valence-corrected chi connectivity index (χ1v) is 5.25. The number of pyridine rings is 1. The van der Waals surface area contributed by atoms with Gasteiger partial charge in [0.1, 0.15) is 5.03 Å². The molecule has 0 saturated heterocycles. The predicted molar refractivity (Wildman–Crippen MR) is 53.1 cm³/mol. The van der Waals surface area contributed by atoms with Crippen molar-refractivity contribution in [1.82, 2.24) is 4.98 Å². The minimum absolute atomic E-state index is 0.698. The van der Waals surface area contributed by atoms with Gasteiger partial charge in [0.2, 0.25) is 0 Å². The molecule has 0 spiro atoms. The smallest absolute Gasteiger partial charge is 0.119 e. The summed E-state index contributed by atoms with van der Waals surface area (Å²) in [6.45, 7) is 1.02. The number of anilines is 1. The molecular formula is C8H9ClN2S. The zero-order chi connectivity index (χ0) is 8.39. The number of nitrogens with one attached hydrogen (secondary N) is 1. The van der Waals surface area contributed by atoms with Crippen molar-refractivity contribution < 1.29 is 0 Å². The van der Waals surface area contributed by atoms with Gasteiger partial charge in [-0.1, -0.05) is 11.6 Å². The van der Waals surface area contributed by atoms with Crippen molar-refractivity contribution in [2.75, 3.05) is 17.6 Å². The molecule has 0 unspecified atom stereocenters. The molecule has 0 aliphatic carbocycles. The lowest BCUT2D eigenvalue weighted by molar-refractivity contribution is 0.996. The molecule has 1 aromatic rings. The predicted octanol–water partition coefficient (Wildman–Crippen LogP) is 2.64. The Labute approximate surface area is 80.7 Å². The van der Waals surface area contributed by atoms with Crippen LogP contribution in [0.4, 0.5) is 5.69 Å². The summed E-state index contributed by atoms with van der Waals surface area (Å²) >= 11 is 7.60. The van der Waals surface area contributed by atoms with Gasteiger partial charge in [0.05, 0.1) is 10.7 Å². The monoisotopic (exact) mass is 200 g/mol. The standard InChI is InChI=1S/C8H9ClN2S/c9-6-4-7-8(11-5-6)12-3-1-2-10-7/h4-5,10H,1-3H2. The number of rotatable bonds is 0. The first-order chi connectivity index (χ1) is 5.86. The molecule has 0 bridgehead atoms. The highest BCUT2D eigenvalue weighted by molar-refractivity contribution is 7.99. The van der Waals surface area contributed by atoms with Gasteiger partial charge < -0.3 is 5.32 Å². The summed E-state index contributed by atoms with van der Waals surface area (Å²) < 4.78 is 0. The van der Waals surface area contributed by atoms with Gasteiger partial charge in [-0.3, -0.25) is 0 Å². The van der Waals surface area contributed by atoms with Crippen molar-refractivity contribution in [2.45, 2.75) is 11.4 Å². The Balaban J connectivity index is 2.36. The molecule has 4 heteroatoms. The van der Waals surface area contributed by atoms with Crippen LogP contribution in [0.25, 0.3) is 0 Å². The lowest BCUT2D eigenvalue weighted by Crippen LogP contribution is -2.00. The van der Waals surface area contributed by atoms with Crippen LogP contribution in [-0.4, -0.2) is 17.3 Å². The number of halogens is 1. The van der Waals surface area contributed by atoms with Gasteiger partial charge >= 0.3 is 0 Å². The highest BCUT2D eigenvalue weighted by Crippen LogP contribution is 2.29. The fourth-order valence-corrected chi connectivity index (χ4v) is 2.19. The minimum atomic E-state index is 0.698. The Morgan fingerprint density at radius 1 is 1.58 bits per heavy atom. The number of nitrogens with zero attached hydrogens (tertiary/aromatic N) is 1. The highest BCUT2D eigenvalue weighted by atomic mass is 35.5. The number of aromatic nitrogens is 1. The molecule has 64 valence electrons. The summed E-state index contributed by atoms with van der Waals surface area (Å²) in [4.78, 5) is 4.25. The van der Waals surface area contributed by atoms with Crippen molar-refractivity contribution in [3.63, 3.8) is 0 Å². The van der Waals surface area contributed by atoms with E-state index in [1.54, 1.807) is 18.0 Å². The second-order valence-electron chi connectivity index (χ2n) is 2.64. The Morgan fingerprint density at radius 2 is 2.50 bits per heavy atom. The van der Waals surface area contributed by atoms with Crippen molar-refractivity contribution >= 4 is 29.1 Å². The normalized spacial score (nSPS) is 16.1. The van der Waals surface area contributed by atoms with Gasteiger partial charge in [-0.05, 0) is 12.5 Å². The average Bonchev–Trinajstić information content (AvgIpc) is 2.28. The molecule has 0 fully saturated rings. The van der Waals surface area contributed by atoms with Gasteiger partial charge in [-0.15, -0.1) is 11.8 Å². The SMILES string of the molecule is Clc1cnc2c(c1)NCCCS2. The van der Waals surface area contributed by atoms with E-state index in [1.807, 2.05) is 6.07 Å². The lowest BCUT2D eigenvalue weighted by Gasteiger charge is -2.04. The Bertz CT molecular complexity index is 290. The van der Waals surface area contributed by atoms with E-state index in [1.165, 1.54) is 6.42 Å². The van der Waals surface area contributed by atoms with Crippen LogP contribution in [0.15, 0.2) is 17.3 Å². The second kappa shape index (κ2) is 3.54. The van der Waals surface area contributed by atoms with Gasteiger partial charge in [-0.2, -0.15) is 0 Å². The van der Waals surface area contributed by atoms with Crippen molar-refractivity contribution in [3.8, 4) is 0 Å². The molecule has 0 atom stereocenters. The topological polar surface area (TPSA) is 24.9 Å². The van der Waals surface area contributed by atoms with E-state index in [9.17, 15) is 0 Å². The molecular weight excluding hydrogens is 192 g/mol. The first kappa shape index (κ1) is 8.20. The number of hydrogen-bond acceptors (Lipinski definition) is 3. The van der Waals surface area contributed by atoms with E-state index in [-0.39, 0.29) is 0 Å². The van der Waals surface area contributed by atoms with Crippen LogP contribution in [0.2, 0.25) is 5.02 Å². The first-order valence-electron chi connectivity index (χ1n) is 3.88. The van der Waals surface area contributed by atoms with Crippen molar-refractivity contribution in [3.05, 3.63) is 17.3 Å². The zero-order valence-corrected chi connectivity index (χ0v) is 8.08. The number of hydrogen-bond donors (Lipinski definition) is 1. The third-order valence-electron chi connectivity index (χ3n) is 1.69. The molecule has 1 aromatic heterocycles. The molecule has 0 radical (unpaired) electrons. The summed E-state index contributed by atoms with van der Waals surface area (Å²) in [5.41, 5.74) is 1.07. The van der Waals surface area contributed by atoms with Gasteiger partial charge in [0, 0.05) is 18.5 Å². The maximum absolute atomic E-state index is 5.82. The fraction of sp³-hybridized carbons (Fsp3) is 0.375. The maximum atomic E-state index is 5.82. The van der Waals surface area contributed by atoms with Gasteiger partial charge in [-0.25, -0.2) is 4.98 Å². The summed E-state index contributed by atoms with van der Waals surface area (Å²) in [5, 5.41) is 5.06. The van der Waals surface area contributed by atoms with E-state index in [2.05, 4.69) is 10.3 Å². The third kappa shape index (κ3) is 1.67. The third-order valence-corrected chi connectivity index (χ3v) is 2.99. The molecule has 0 aromatic carbocycles. The highest BCUT2D eigenvalue weighted by Gasteiger charge is 2.08. The lowest BCUT2D eigenvalue weighted by atomic mass is 10.4. The van der Waals surface area contributed by atoms with Crippen LogP contribution in [0.3, 0.4) is 0 Å². The molecule has 1 N–H and O–H groups in total. The quantitative estimate of drug-likeness (QED) is 0.697. The molecule has 2 heterocycles. The zero-order valence-electron chi connectivity index (χ0n) is 6.51. The number of thioether (sulfide) groups is 1. The van der Waals surface area contributed by atoms with E-state index >= 15 is 0 Å². The Morgan fingerprint density at radius 3 is 3.42 bits per heavy atom. The molecule has 12 heavy (non-hydrogen) atoms. The summed E-state index contributed by atoms with van der Waals surface area (Å²) in [6.07, 6.45) is 2.87. The number of fused-ring (bicyclic) bond motifs is 1. The van der Waals surface area contributed by atoms with E-state index in [0.29, 0.717) is 5.02 Å². The van der Waals surface area contributed by atoms with E-state index in [0.717, 1.165) is 23.0 Å². The molecule has 1 aliphatic heterocycles. The molecule has 2 nitrogen and oxygen atoms in total. The largest absolute Gasteiger partial charge is 0.383 e. The van der Waals surface area contributed by atoms with E-state index < -0.39 is 0 Å². The molecule has 1 aliphatic rings. The van der Waals surface area contributed by atoms with Crippen LogP contribution < -0.4 is 5.32 Å². The average molecular weight is 201 g/mol.